The average molecular weight is 484 g/mol. The summed E-state index contributed by atoms with van der Waals surface area (Å²) in [5.41, 5.74) is 0.394. The number of aryl methyl sites for hydroxylation is 2. The Morgan fingerprint density at radius 3 is 2.03 bits per heavy atom. The first-order valence-corrected chi connectivity index (χ1v) is 10.8. The normalized spacial score (nSPS) is 11.7. The van der Waals surface area contributed by atoms with Gasteiger partial charge < -0.3 is 4.74 Å². The van der Waals surface area contributed by atoms with Crippen molar-refractivity contribution in [3.63, 3.8) is 0 Å². The predicted octanol–water partition coefficient (Wildman–Crippen LogP) is 6.33. The van der Waals surface area contributed by atoms with Gasteiger partial charge in [0.2, 0.25) is 11.7 Å². The molecule has 1 aromatic heterocycles. The van der Waals surface area contributed by atoms with Crippen LogP contribution in [0.3, 0.4) is 0 Å². The maximum absolute atomic E-state index is 14.3. The Hall–Kier alpha value is -2.88. The smallest absolute Gasteiger partial charge is 0.312 e. The number of esters is 1. The fourth-order valence-corrected chi connectivity index (χ4v) is 3.95. The zero-order valence-corrected chi connectivity index (χ0v) is 19.1. The minimum absolute atomic E-state index is 0.00498. The van der Waals surface area contributed by atoms with Gasteiger partial charge in [0, 0.05) is 0 Å². The molecule has 0 fully saturated rings. The summed E-state index contributed by atoms with van der Waals surface area (Å²) in [6, 6.07) is 9.20. The van der Waals surface area contributed by atoms with E-state index in [1.807, 2.05) is 30.3 Å². The Labute approximate surface area is 191 Å². The van der Waals surface area contributed by atoms with Gasteiger partial charge in [-0.05, 0) is 39.7 Å². The number of carbonyl (C=O) groups is 1. The zero-order valence-electron chi connectivity index (χ0n) is 18.3. The summed E-state index contributed by atoms with van der Waals surface area (Å²) >= 11 is 0.267. The van der Waals surface area contributed by atoms with Crippen molar-refractivity contribution >= 4 is 17.7 Å². The molecule has 33 heavy (non-hydrogen) atoms. The lowest BCUT2D eigenvalue weighted by molar-refractivity contribution is -0.135. The largest absolute Gasteiger partial charge is 0.406 e. The van der Waals surface area contributed by atoms with Crippen LogP contribution in [0.1, 0.15) is 38.4 Å². The molecule has 1 heterocycles. The van der Waals surface area contributed by atoms with Gasteiger partial charge in [-0.25, -0.2) is 26.6 Å². The van der Waals surface area contributed by atoms with Gasteiger partial charge in [0.15, 0.2) is 23.3 Å². The Balaban J connectivity index is 1.98. The van der Waals surface area contributed by atoms with E-state index in [2.05, 4.69) is 5.10 Å². The Bertz CT molecular complexity index is 1160. The molecule has 3 aromatic rings. The highest BCUT2D eigenvalue weighted by Gasteiger charge is 2.31. The molecule has 0 spiro atoms. The fourth-order valence-electron chi connectivity index (χ4n) is 2.98. The third-order valence-corrected chi connectivity index (χ3v) is 5.88. The van der Waals surface area contributed by atoms with Crippen molar-refractivity contribution < 1.29 is 31.5 Å². The lowest BCUT2D eigenvalue weighted by Crippen LogP contribution is -2.25. The molecule has 0 saturated carbocycles. The molecule has 2 aromatic carbocycles. The monoisotopic (exact) mass is 484 g/mol. The van der Waals surface area contributed by atoms with Crippen molar-refractivity contribution in [1.29, 1.82) is 0 Å². The van der Waals surface area contributed by atoms with Gasteiger partial charge in [0.1, 0.15) is 0 Å². The Morgan fingerprint density at radius 1 is 0.939 bits per heavy atom. The molecule has 0 aliphatic heterocycles. The lowest BCUT2D eigenvalue weighted by Gasteiger charge is -2.22. The van der Waals surface area contributed by atoms with Gasteiger partial charge in [0.05, 0.1) is 27.4 Å². The van der Waals surface area contributed by atoms with Crippen molar-refractivity contribution in [3.8, 4) is 5.88 Å². The van der Waals surface area contributed by atoms with E-state index in [4.69, 9.17) is 4.74 Å². The van der Waals surface area contributed by atoms with Crippen LogP contribution in [0.25, 0.3) is 0 Å². The second kappa shape index (κ2) is 9.54. The summed E-state index contributed by atoms with van der Waals surface area (Å²) in [4.78, 5) is 11.4. The van der Waals surface area contributed by atoms with E-state index in [0.717, 1.165) is 5.56 Å². The van der Waals surface area contributed by atoms with Gasteiger partial charge in [-0.15, -0.1) is 0 Å². The number of halogens is 5. The van der Waals surface area contributed by atoms with Crippen LogP contribution in [0.15, 0.2) is 40.1 Å². The van der Waals surface area contributed by atoms with Crippen molar-refractivity contribution in [1.82, 2.24) is 9.78 Å². The van der Waals surface area contributed by atoms with E-state index in [0.29, 0.717) is 6.42 Å². The van der Waals surface area contributed by atoms with Crippen LogP contribution >= 0.6 is 11.8 Å². The van der Waals surface area contributed by atoms with Crippen LogP contribution < -0.4 is 4.74 Å². The van der Waals surface area contributed by atoms with E-state index in [9.17, 15) is 26.7 Å². The average Bonchev–Trinajstić information content (AvgIpc) is 3.08. The SMILES string of the molecule is Cc1nn(C(C)(C)C)c(OC(=O)CCc2ccccc2)c1Sc1c(F)c(F)c(F)c(F)c1F. The standard InChI is InChI=1S/C23H21F5N2O2S/c1-12-20(33-21-18(27)16(25)15(24)17(26)19(21)28)22(30(29-12)23(2,3)4)32-14(31)11-10-13-8-6-5-7-9-13/h5-9H,10-11H2,1-4H3. The molecule has 4 nitrogen and oxygen atoms in total. The number of ether oxygens (including phenoxy) is 1. The van der Waals surface area contributed by atoms with E-state index >= 15 is 0 Å². The van der Waals surface area contributed by atoms with Gasteiger partial charge in [-0.3, -0.25) is 4.79 Å². The zero-order chi connectivity index (χ0) is 24.5. The number of hydrogen-bond donors (Lipinski definition) is 0. The number of rotatable bonds is 6. The van der Waals surface area contributed by atoms with Crippen molar-refractivity contribution in [2.75, 3.05) is 0 Å². The van der Waals surface area contributed by atoms with E-state index in [1.54, 1.807) is 20.8 Å². The summed E-state index contributed by atoms with van der Waals surface area (Å²) in [7, 11) is 0. The van der Waals surface area contributed by atoms with Crippen molar-refractivity contribution in [2.24, 2.45) is 0 Å². The molecule has 0 amide bonds. The van der Waals surface area contributed by atoms with Gasteiger partial charge in [0.25, 0.3) is 0 Å². The molecule has 0 atom stereocenters. The highest BCUT2D eigenvalue weighted by molar-refractivity contribution is 7.99. The van der Waals surface area contributed by atoms with Crippen molar-refractivity contribution in [2.45, 2.75) is 55.9 Å². The second-order valence-electron chi connectivity index (χ2n) is 8.26. The first-order valence-electron chi connectivity index (χ1n) is 9.95. The molecule has 0 N–H and O–H groups in total. The quantitative estimate of drug-likeness (QED) is 0.178. The van der Waals surface area contributed by atoms with Gasteiger partial charge in [-0.2, -0.15) is 5.10 Å². The molecule has 0 radical (unpaired) electrons. The highest BCUT2D eigenvalue weighted by Crippen LogP contribution is 2.43. The van der Waals surface area contributed by atoms with E-state index in [1.165, 1.54) is 11.6 Å². The van der Waals surface area contributed by atoms with Gasteiger partial charge >= 0.3 is 5.97 Å². The first-order chi connectivity index (χ1) is 15.4. The van der Waals surface area contributed by atoms with Crippen LogP contribution in [0, 0.1) is 36.0 Å². The lowest BCUT2D eigenvalue weighted by atomic mass is 10.1. The molecular weight excluding hydrogens is 463 g/mol. The topological polar surface area (TPSA) is 44.1 Å². The van der Waals surface area contributed by atoms with Crippen LogP contribution in [-0.4, -0.2) is 15.7 Å². The number of aromatic nitrogens is 2. The number of carbonyl (C=O) groups excluding carboxylic acids is 1. The molecule has 10 heteroatoms. The molecule has 0 unspecified atom stereocenters. The van der Waals surface area contributed by atoms with Crippen LogP contribution in [0.2, 0.25) is 0 Å². The fraction of sp³-hybridized carbons (Fsp3) is 0.304. The van der Waals surface area contributed by atoms with Gasteiger partial charge in [-0.1, -0.05) is 42.1 Å². The van der Waals surface area contributed by atoms with E-state index < -0.39 is 45.5 Å². The number of benzene rings is 2. The van der Waals surface area contributed by atoms with Crippen LogP contribution in [0.5, 0.6) is 5.88 Å². The summed E-state index contributed by atoms with van der Waals surface area (Å²) in [6.07, 6.45) is 0.396. The maximum Gasteiger partial charge on any atom is 0.312 e. The molecule has 176 valence electrons. The molecule has 0 saturated heterocycles. The summed E-state index contributed by atoms with van der Waals surface area (Å²) in [5.74, 6) is -11.1. The minimum Gasteiger partial charge on any atom is -0.406 e. The molecule has 3 rings (SSSR count). The van der Waals surface area contributed by atoms with Crippen LogP contribution in [0.4, 0.5) is 22.0 Å². The Kier molecular flexibility index (Phi) is 7.16. The molecular formula is C23H21F5N2O2S. The summed E-state index contributed by atoms with van der Waals surface area (Å²) < 4.78 is 76.2. The summed E-state index contributed by atoms with van der Waals surface area (Å²) in [5, 5.41) is 4.28. The number of nitrogens with zero attached hydrogens (tertiary/aromatic N) is 2. The molecule has 0 bridgehead atoms. The first kappa shape index (κ1) is 24.8. The molecule has 0 aliphatic carbocycles. The van der Waals surface area contributed by atoms with Crippen molar-refractivity contribution in [3.05, 3.63) is 70.7 Å². The second-order valence-corrected chi connectivity index (χ2v) is 9.28. The Morgan fingerprint density at radius 2 is 1.48 bits per heavy atom. The highest BCUT2D eigenvalue weighted by atomic mass is 32.2. The van der Waals surface area contributed by atoms with Crippen LogP contribution in [-0.2, 0) is 16.8 Å². The van der Waals surface area contributed by atoms with E-state index in [-0.39, 0.29) is 34.7 Å². The summed E-state index contributed by atoms with van der Waals surface area (Å²) in [6.45, 7) is 6.76. The molecule has 0 aliphatic rings. The number of hydrogen-bond acceptors (Lipinski definition) is 4. The third-order valence-electron chi connectivity index (χ3n) is 4.65. The third kappa shape index (κ3) is 5.21. The minimum atomic E-state index is -2.25. The predicted molar refractivity (Wildman–Crippen MR) is 113 cm³/mol. The maximum atomic E-state index is 14.3.